The largest absolute Gasteiger partial charge is 0.489 e. The van der Waals surface area contributed by atoms with Crippen LogP contribution in [0.3, 0.4) is 0 Å². The Morgan fingerprint density at radius 1 is 1.14 bits per heavy atom. The van der Waals surface area contributed by atoms with Crippen LogP contribution in [0.15, 0.2) is 36.4 Å². The first-order chi connectivity index (χ1) is 10.5. The van der Waals surface area contributed by atoms with Gasteiger partial charge in [-0.05, 0) is 37.1 Å². The monoisotopic (exact) mass is 302 g/mol. The van der Waals surface area contributed by atoms with Crippen LogP contribution in [-0.2, 0) is 11.4 Å². The second kappa shape index (κ2) is 7.07. The lowest BCUT2D eigenvalue weighted by atomic mass is 10.1. The highest BCUT2D eigenvalue weighted by Gasteiger charge is 2.11. The predicted molar refractivity (Wildman–Crippen MR) is 82.6 cm³/mol. The number of ether oxygens (including phenoxy) is 2. The second-order valence-electron chi connectivity index (χ2n) is 5.08. The zero-order valence-electron chi connectivity index (χ0n) is 13.0. The molecule has 3 nitrogen and oxygen atoms in total. The molecule has 0 aliphatic heterocycles. The maximum atomic E-state index is 13.5. The normalized spacial score (nSPS) is 10.4. The lowest BCUT2D eigenvalue weighted by Gasteiger charge is -2.13. The molecule has 0 saturated carbocycles. The Kier molecular flexibility index (Phi) is 5.15. The van der Waals surface area contributed by atoms with E-state index in [0.29, 0.717) is 23.5 Å². The number of hydrogen-bond acceptors (Lipinski definition) is 3. The van der Waals surface area contributed by atoms with Crippen LogP contribution in [0.4, 0.5) is 4.39 Å². The van der Waals surface area contributed by atoms with Crippen LogP contribution in [0, 0.1) is 19.7 Å². The van der Waals surface area contributed by atoms with Crippen molar-refractivity contribution in [3.05, 3.63) is 58.9 Å². The number of esters is 1. The summed E-state index contributed by atoms with van der Waals surface area (Å²) in [5.41, 5.74) is 2.31. The van der Waals surface area contributed by atoms with E-state index in [1.165, 1.54) is 6.07 Å². The molecule has 0 aliphatic rings. The molecule has 0 fully saturated rings. The van der Waals surface area contributed by atoms with E-state index in [9.17, 15) is 9.18 Å². The summed E-state index contributed by atoms with van der Waals surface area (Å²) in [6, 6.07) is 10.2. The average Bonchev–Trinajstić information content (AvgIpc) is 2.50. The van der Waals surface area contributed by atoms with Crippen molar-refractivity contribution in [3.63, 3.8) is 0 Å². The van der Waals surface area contributed by atoms with Gasteiger partial charge in [0, 0.05) is 18.1 Å². The summed E-state index contributed by atoms with van der Waals surface area (Å²) in [6.07, 6.45) is 0.303. The zero-order chi connectivity index (χ0) is 16.1. The third-order valence-electron chi connectivity index (χ3n) is 3.41. The minimum Gasteiger partial charge on any atom is -0.489 e. The summed E-state index contributed by atoms with van der Waals surface area (Å²) in [6.45, 7) is 5.56. The molecule has 0 amide bonds. The number of hydrogen-bond donors (Lipinski definition) is 0. The van der Waals surface area contributed by atoms with Gasteiger partial charge < -0.3 is 9.47 Å². The van der Waals surface area contributed by atoms with Gasteiger partial charge in [0.1, 0.15) is 23.9 Å². The average molecular weight is 302 g/mol. The van der Waals surface area contributed by atoms with E-state index in [1.807, 2.05) is 19.1 Å². The molecule has 22 heavy (non-hydrogen) atoms. The molecule has 0 spiro atoms. The smallest absolute Gasteiger partial charge is 0.310 e. The van der Waals surface area contributed by atoms with Gasteiger partial charge in [-0.2, -0.15) is 0 Å². The van der Waals surface area contributed by atoms with Crippen molar-refractivity contribution in [1.29, 1.82) is 0 Å². The van der Waals surface area contributed by atoms with Crippen molar-refractivity contribution in [2.75, 3.05) is 0 Å². The molecule has 0 unspecified atom stereocenters. The lowest BCUT2D eigenvalue weighted by molar-refractivity contribution is -0.134. The fourth-order valence-corrected chi connectivity index (χ4v) is 1.97. The summed E-state index contributed by atoms with van der Waals surface area (Å²) in [5.74, 6) is 0.326. The predicted octanol–water partition coefficient (Wildman–Crippen LogP) is 4.34. The van der Waals surface area contributed by atoms with Crippen LogP contribution < -0.4 is 9.47 Å². The van der Waals surface area contributed by atoms with Crippen molar-refractivity contribution in [2.24, 2.45) is 0 Å². The van der Waals surface area contributed by atoms with Crippen LogP contribution >= 0.6 is 0 Å². The minimum atomic E-state index is -0.306. The summed E-state index contributed by atoms with van der Waals surface area (Å²) in [5, 5.41) is 0. The third kappa shape index (κ3) is 3.85. The molecular formula is C18H19FO3. The molecule has 0 bridgehead atoms. The highest BCUT2D eigenvalue weighted by atomic mass is 19.1. The summed E-state index contributed by atoms with van der Waals surface area (Å²) in [4.78, 5) is 11.5. The number of carbonyl (C=O) groups excluding carboxylic acids is 1. The van der Waals surface area contributed by atoms with Gasteiger partial charge in [-0.15, -0.1) is 0 Å². The van der Waals surface area contributed by atoms with Crippen molar-refractivity contribution in [2.45, 2.75) is 33.8 Å². The molecule has 2 aromatic carbocycles. The van der Waals surface area contributed by atoms with Gasteiger partial charge in [0.25, 0.3) is 0 Å². The molecule has 0 atom stereocenters. The molecule has 0 aliphatic carbocycles. The Morgan fingerprint density at radius 3 is 2.59 bits per heavy atom. The quantitative estimate of drug-likeness (QED) is 0.609. The van der Waals surface area contributed by atoms with Crippen LogP contribution in [0.25, 0.3) is 0 Å². The van der Waals surface area contributed by atoms with Crippen molar-refractivity contribution < 1.29 is 18.7 Å². The number of aryl methyl sites for hydroxylation is 2. The van der Waals surface area contributed by atoms with Crippen LogP contribution in [0.1, 0.15) is 30.0 Å². The van der Waals surface area contributed by atoms with Gasteiger partial charge in [-0.3, -0.25) is 4.79 Å². The lowest BCUT2D eigenvalue weighted by Crippen LogP contribution is -2.09. The maximum absolute atomic E-state index is 13.5. The summed E-state index contributed by atoms with van der Waals surface area (Å²) in [7, 11) is 0. The number of halogens is 1. The van der Waals surface area contributed by atoms with Gasteiger partial charge in [0.05, 0.1) is 0 Å². The van der Waals surface area contributed by atoms with Gasteiger partial charge in [-0.1, -0.05) is 25.1 Å². The number of benzene rings is 2. The Balaban J connectivity index is 2.17. The molecule has 116 valence electrons. The Hall–Kier alpha value is -2.36. The molecule has 0 radical (unpaired) electrons. The first-order valence-electron chi connectivity index (χ1n) is 7.19. The van der Waals surface area contributed by atoms with E-state index in [-0.39, 0.29) is 18.4 Å². The Morgan fingerprint density at radius 2 is 1.91 bits per heavy atom. The standard InChI is InChI=1S/C18H19FO3/c1-4-18(20)22-17-7-5-6-12(2)15(17)11-21-14-9-8-13(3)16(19)10-14/h5-10H,4,11H2,1-3H3. The molecule has 2 rings (SSSR count). The van der Waals surface area contributed by atoms with Crippen LogP contribution in [0.2, 0.25) is 0 Å². The van der Waals surface area contributed by atoms with Crippen LogP contribution in [0.5, 0.6) is 11.5 Å². The number of rotatable bonds is 5. The first-order valence-corrected chi connectivity index (χ1v) is 7.19. The molecule has 4 heteroatoms. The molecule has 2 aromatic rings. The minimum absolute atomic E-state index is 0.210. The molecule has 0 aromatic heterocycles. The van der Waals surface area contributed by atoms with E-state index < -0.39 is 0 Å². The zero-order valence-corrected chi connectivity index (χ0v) is 13.0. The Bertz CT molecular complexity index is 680. The fraction of sp³-hybridized carbons (Fsp3) is 0.278. The van der Waals surface area contributed by atoms with Gasteiger partial charge in [0.15, 0.2) is 0 Å². The molecular weight excluding hydrogens is 283 g/mol. The molecule has 0 N–H and O–H groups in total. The van der Waals surface area contributed by atoms with Crippen molar-refractivity contribution in [3.8, 4) is 11.5 Å². The van der Waals surface area contributed by atoms with E-state index in [2.05, 4.69) is 0 Å². The highest BCUT2D eigenvalue weighted by molar-refractivity contribution is 5.72. The number of carbonyl (C=O) groups is 1. The highest BCUT2D eigenvalue weighted by Crippen LogP contribution is 2.25. The van der Waals surface area contributed by atoms with Crippen molar-refractivity contribution in [1.82, 2.24) is 0 Å². The van der Waals surface area contributed by atoms with E-state index >= 15 is 0 Å². The van der Waals surface area contributed by atoms with Gasteiger partial charge in [0.2, 0.25) is 0 Å². The summed E-state index contributed by atoms with van der Waals surface area (Å²) >= 11 is 0. The van der Waals surface area contributed by atoms with Crippen molar-refractivity contribution >= 4 is 5.97 Å². The van der Waals surface area contributed by atoms with Crippen LogP contribution in [-0.4, -0.2) is 5.97 Å². The molecule has 0 heterocycles. The second-order valence-corrected chi connectivity index (χ2v) is 5.08. The van der Waals surface area contributed by atoms with E-state index in [1.54, 1.807) is 32.0 Å². The Labute approximate surface area is 129 Å². The summed E-state index contributed by atoms with van der Waals surface area (Å²) < 4.78 is 24.5. The van der Waals surface area contributed by atoms with Gasteiger partial charge in [-0.25, -0.2) is 4.39 Å². The van der Waals surface area contributed by atoms with Gasteiger partial charge >= 0.3 is 5.97 Å². The van der Waals surface area contributed by atoms with E-state index in [4.69, 9.17) is 9.47 Å². The topological polar surface area (TPSA) is 35.5 Å². The maximum Gasteiger partial charge on any atom is 0.310 e. The molecule has 0 saturated heterocycles. The first kappa shape index (κ1) is 16.0. The third-order valence-corrected chi connectivity index (χ3v) is 3.41. The SMILES string of the molecule is CCC(=O)Oc1cccc(C)c1COc1ccc(C)c(F)c1. The fourth-order valence-electron chi connectivity index (χ4n) is 1.97. The van der Waals surface area contributed by atoms with E-state index in [0.717, 1.165) is 11.1 Å².